The van der Waals surface area contributed by atoms with Gasteiger partial charge in [-0.2, -0.15) is 0 Å². The third kappa shape index (κ3) is 1.48. The molecule has 0 aliphatic carbocycles. The molecule has 1 aromatic rings. The van der Waals surface area contributed by atoms with E-state index in [9.17, 15) is 4.39 Å². The molecule has 0 saturated heterocycles. The molecule has 0 fully saturated rings. The van der Waals surface area contributed by atoms with Crippen molar-refractivity contribution in [2.75, 3.05) is 7.11 Å². The van der Waals surface area contributed by atoms with Gasteiger partial charge in [-0.25, -0.2) is 4.39 Å². The van der Waals surface area contributed by atoms with E-state index >= 15 is 0 Å². The van der Waals surface area contributed by atoms with E-state index in [2.05, 4.69) is 0 Å². The Bertz CT molecular complexity index is 263. The summed E-state index contributed by atoms with van der Waals surface area (Å²) in [6, 6.07) is 2.37. The standard InChI is InChI=1S/C8H10FNO2/c1-12-8-2-5(4-10)7(11)3-6(8)9/h2-3,11H,4,10H2,1H3. The van der Waals surface area contributed by atoms with Crippen LogP contribution in [0.15, 0.2) is 12.1 Å². The summed E-state index contributed by atoms with van der Waals surface area (Å²) < 4.78 is 17.5. The molecule has 1 rings (SSSR count). The molecule has 3 nitrogen and oxygen atoms in total. The van der Waals surface area contributed by atoms with Crippen molar-refractivity contribution in [2.24, 2.45) is 5.73 Å². The SMILES string of the molecule is COc1cc(CN)c(O)cc1F. The van der Waals surface area contributed by atoms with Crippen molar-refractivity contribution in [1.82, 2.24) is 0 Å². The fourth-order valence-corrected chi connectivity index (χ4v) is 0.905. The summed E-state index contributed by atoms with van der Waals surface area (Å²) >= 11 is 0. The van der Waals surface area contributed by atoms with Crippen LogP contribution in [0.4, 0.5) is 4.39 Å². The van der Waals surface area contributed by atoms with E-state index in [0.29, 0.717) is 5.56 Å². The van der Waals surface area contributed by atoms with Crippen LogP contribution in [-0.2, 0) is 6.54 Å². The van der Waals surface area contributed by atoms with E-state index in [0.717, 1.165) is 6.07 Å². The summed E-state index contributed by atoms with van der Waals surface area (Å²) in [5, 5.41) is 9.14. The van der Waals surface area contributed by atoms with Crippen LogP contribution in [0.1, 0.15) is 5.56 Å². The molecule has 4 heteroatoms. The number of aromatic hydroxyl groups is 1. The van der Waals surface area contributed by atoms with E-state index < -0.39 is 5.82 Å². The number of halogens is 1. The summed E-state index contributed by atoms with van der Waals surface area (Å²) in [6.07, 6.45) is 0. The molecular weight excluding hydrogens is 161 g/mol. The lowest BCUT2D eigenvalue weighted by Crippen LogP contribution is -1.98. The normalized spacial score (nSPS) is 9.92. The van der Waals surface area contributed by atoms with Crippen molar-refractivity contribution in [3.63, 3.8) is 0 Å². The molecule has 66 valence electrons. The molecule has 0 spiro atoms. The molecule has 0 saturated carbocycles. The molecule has 1 aromatic carbocycles. The minimum Gasteiger partial charge on any atom is -0.508 e. The number of methoxy groups -OCH3 is 1. The Morgan fingerprint density at radius 1 is 1.58 bits per heavy atom. The number of phenolic OH excluding ortho intramolecular Hbond substituents is 1. The van der Waals surface area contributed by atoms with E-state index in [-0.39, 0.29) is 18.0 Å². The van der Waals surface area contributed by atoms with Crippen molar-refractivity contribution in [1.29, 1.82) is 0 Å². The van der Waals surface area contributed by atoms with Crippen LogP contribution in [0.3, 0.4) is 0 Å². The zero-order chi connectivity index (χ0) is 9.14. The highest BCUT2D eigenvalue weighted by Crippen LogP contribution is 2.25. The van der Waals surface area contributed by atoms with Gasteiger partial charge in [-0.3, -0.25) is 0 Å². The lowest BCUT2D eigenvalue weighted by Gasteiger charge is -2.05. The van der Waals surface area contributed by atoms with E-state index in [1.54, 1.807) is 0 Å². The molecule has 0 unspecified atom stereocenters. The zero-order valence-electron chi connectivity index (χ0n) is 6.67. The molecule has 0 bridgehead atoms. The first-order chi connectivity index (χ1) is 5.69. The average molecular weight is 171 g/mol. The van der Waals surface area contributed by atoms with Gasteiger partial charge in [-0.05, 0) is 6.07 Å². The van der Waals surface area contributed by atoms with Crippen molar-refractivity contribution < 1.29 is 14.2 Å². The third-order valence-electron chi connectivity index (χ3n) is 1.57. The second-order valence-corrected chi connectivity index (χ2v) is 2.32. The Morgan fingerprint density at radius 3 is 2.75 bits per heavy atom. The van der Waals surface area contributed by atoms with E-state index in [1.165, 1.54) is 13.2 Å². The van der Waals surface area contributed by atoms with Gasteiger partial charge in [-0.1, -0.05) is 0 Å². The molecule has 0 aliphatic heterocycles. The molecule has 0 amide bonds. The van der Waals surface area contributed by atoms with Gasteiger partial charge in [0.05, 0.1) is 7.11 Å². The fourth-order valence-electron chi connectivity index (χ4n) is 0.905. The Hall–Kier alpha value is -1.29. The topological polar surface area (TPSA) is 55.5 Å². The van der Waals surface area contributed by atoms with Crippen LogP contribution >= 0.6 is 0 Å². The second-order valence-electron chi connectivity index (χ2n) is 2.32. The first-order valence-electron chi connectivity index (χ1n) is 3.44. The maximum Gasteiger partial charge on any atom is 0.168 e. The molecule has 0 aromatic heterocycles. The van der Waals surface area contributed by atoms with E-state index in [4.69, 9.17) is 15.6 Å². The maximum absolute atomic E-state index is 12.8. The number of benzene rings is 1. The molecule has 0 radical (unpaired) electrons. The van der Waals surface area contributed by atoms with Crippen molar-refractivity contribution in [2.45, 2.75) is 6.54 Å². The smallest absolute Gasteiger partial charge is 0.168 e. The summed E-state index contributed by atoms with van der Waals surface area (Å²) in [5.74, 6) is -0.642. The second kappa shape index (κ2) is 3.40. The molecule has 12 heavy (non-hydrogen) atoms. The highest BCUT2D eigenvalue weighted by molar-refractivity contribution is 5.40. The van der Waals surface area contributed by atoms with Crippen LogP contribution < -0.4 is 10.5 Å². The van der Waals surface area contributed by atoms with Gasteiger partial charge in [-0.15, -0.1) is 0 Å². The monoisotopic (exact) mass is 171 g/mol. The van der Waals surface area contributed by atoms with Gasteiger partial charge in [0.1, 0.15) is 5.75 Å². The van der Waals surface area contributed by atoms with Gasteiger partial charge in [0.25, 0.3) is 0 Å². The summed E-state index contributed by atoms with van der Waals surface area (Å²) in [7, 11) is 1.36. The van der Waals surface area contributed by atoms with Gasteiger partial charge < -0.3 is 15.6 Å². The number of phenols is 1. The van der Waals surface area contributed by atoms with Gasteiger partial charge in [0, 0.05) is 18.2 Å². The lowest BCUT2D eigenvalue weighted by molar-refractivity contribution is 0.381. The first kappa shape index (κ1) is 8.80. The molecule has 0 heterocycles. The van der Waals surface area contributed by atoms with Crippen LogP contribution in [0, 0.1) is 5.82 Å². The number of ether oxygens (including phenoxy) is 1. The Labute approximate surface area is 69.6 Å². The lowest BCUT2D eigenvalue weighted by atomic mass is 10.2. The van der Waals surface area contributed by atoms with Crippen LogP contribution in [0.25, 0.3) is 0 Å². The van der Waals surface area contributed by atoms with Gasteiger partial charge in [0.2, 0.25) is 0 Å². The van der Waals surface area contributed by atoms with Crippen molar-refractivity contribution >= 4 is 0 Å². The number of hydrogen-bond acceptors (Lipinski definition) is 3. The molecule has 0 aliphatic rings. The molecule has 0 atom stereocenters. The number of nitrogens with two attached hydrogens (primary N) is 1. The third-order valence-corrected chi connectivity index (χ3v) is 1.57. The van der Waals surface area contributed by atoms with Crippen molar-refractivity contribution in [3.05, 3.63) is 23.5 Å². The summed E-state index contributed by atoms with van der Waals surface area (Å²) in [6.45, 7) is 0.155. The summed E-state index contributed by atoms with van der Waals surface area (Å²) in [4.78, 5) is 0. The molecular formula is C8H10FNO2. The largest absolute Gasteiger partial charge is 0.508 e. The highest BCUT2D eigenvalue weighted by atomic mass is 19.1. The zero-order valence-corrected chi connectivity index (χ0v) is 6.67. The number of hydrogen-bond donors (Lipinski definition) is 2. The maximum atomic E-state index is 12.8. The van der Waals surface area contributed by atoms with Crippen molar-refractivity contribution in [3.8, 4) is 11.5 Å². The van der Waals surface area contributed by atoms with Crippen LogP contribution in [0.5, 0.6) is 11.5 Å². The quantitative estimate of drug-likeness (QED) is 0.697. The first-order valence-corrected chi connectivity index (χ1v) is 3.44. The Balaban J connectivity index is 3.18. The van der Waals surface area contributed by atoms with E-state index in [1.807, 2.05) is 0 Å². The average Bonchev–Trinajstić information content (AvgIpc) is 2.05. The van der Waals surface area contributed by atoms with Crippen LogP contribution in [0.2, 0.25) is 0 Å². The van der Waals surface area contributed by atoms with Gasteiger partial charge >= 0.3 is 0 Å². The highest BCUT2D eigenvalue weighted by Gasteiger charge is 2.07. The molecule has 3 N–H and O–H groups in total. The summed E-state index contributed by atoms with van der Waals surface area (Å²) in [5.41, 5.74) is 5.75. The van der Waals surface area contributed by atoms with Crippen LogP contribution in [-0.4, -0.2) is 12.2 Å². The predicted molar refractivity (Wildman–Crippen MR) is 42.5 cm³/mol. The Kier molecular flexibility index (Phi) is 2.50. The Morgan fingerprint density at radius 2 is 2.25 bits per heavy atom. The minimum atomic E-state index is -0.591. The van der Waals surface area contributed by atoms with Gasteiger partial charge in [0.15, 0.2) is 11.6 Å². The minimum absolute atomic E-state index is 0.0910. The fraction of sp³-hybridized carbons (Fsp3) is 0.250. The number of rotatable bonds is 2. The predicted octanol–water partition coefficient (Wildman–Crippen LogP) is 0.999.